The van der Waals surface area contributed by atoms with Crippen molar-refractivity contribution in [3.05, 3.63) is 89.5 Å². The normalized spacial score (nSPS) is 14.3. The van der Waals surface area contributed by atoms with Crippen molar-refractivity contribution >= 4 is 17.3 Å². The maximum Gasteiger partial charge on any atom is 0.255 e. The first kappa shape index (κ1) is 20.9. The molecule has 0 spiro atoms. The molecule has 0 unspecified atom stereocenters. The number of carbonyl (C=O) groups excluding carboxylic acids is 1. The molecule has 0 radical (unpaired) electrons. The van der Waals surface area contributed by atoms with Crippen molar-refractivity contribution in [2.45, 2.75) is 13.5 Å². The molecular weight excluding hydrogens is 386 g/mol. The summed E-state index contributed by atoms with van der Waals surface area (Å²) < 4.78 is 5.32. The van der Waals surface area contributed by atoms with Crippen LogP contribution in [0.2, 0.25) is 0 Å². The maximum atomic E-state index is 12.6. The lowest BCUT2D eigenvalue weighted by atomic mass is 10.1. The van der Waals surface area contributed by atoms with E-state index in [9.17, 15) is 4.79 Å². The average Bonchev–Trinajstić information content (AvgIpc) is 2.81. The van der Waals surface area contributed by atoms with E-state index in [4.69, 9.17) is 4.74 Å². The van der Waals surface area contributed by atoms with Crippen LogP contribution in [0.5, 0.6) is 5.75 Å². The fraction of sp³-hybridized carbons (Fsp3) is 0.269. The van der Waals surface area contributed by atoms with E-state index < -0.39 is 0 Å². The van der Waals surface area contributed by atoms with Crippen molar-refractivity contribution < 1.29 is 14.4 Å². The average molecular weight is 417 g/mol. The topological polar surface area (TPSA) is 46.0 Å². The van der Waals surface area contributed by atoms with E-state index in [1.807, 2.05) is 31.2 Å². The second-order valence-corrected chi connectivity index (χ2v) is 8.08. The number of benzene rings is 3. The summed E-state index contributed by atoms with van der Waals surface area (Å²) in [5.41, 5.74) is 4.99. The van der Waals surface area contributed by atoms with Crippen LogP contribution >= 0.6 is 0 Å². The van der Waals surface area contributed by atoms with Gasteiger partial charge in [-0.05, 0) is 48.9 Å². The predicted molar refractivity (Wildman–Crippen MR) is 125 cm³/mol. The Balaban J connectivity index is 1.32. The number of nitrogens with zero attached hydrogens (tertiary/aromatic N) is 1. The van der Waals surface area contributed by atoms with Gasteiger partial charge in [-0.2, -0.15) is 0 Å². The van der Waals surface area contributed by atoms with Gasteiger partial charge in [0, 0.05) is 22.5 Å². The molecule has 3 aromatic rings. The monoisotopic (exact) mass is 416 g/mol. The number of rotatable bonds is 6. The van der Waals surface area contributed by atoms with Crippen LogP contribution in [0.3, 0.4) is 0 Å². The summed E-state index contributed by atoms with van der Waals surface area (Å²) in [7, 11) is 1.62. The number of methoxy groups -OCH3 is 1. The molecule has 160 valence electrons. The van der Waals surface area contributed by atoms with E-state index >= 15 is 0 Å². The van der Waals surface area contributed by atoms with E-state index in [1.165, 1.54) is 11.3 Å². The third kappa shape index (κ3) is 5.25. The van der Waals surface area contributed by atoms with E-state index in [2.05, 4.69) is 52.7 Å². The Bertz CT molecular complexity index is 1010. The fourth-order valence-corrected chi connectivity index (χ4v) is 4.06. The predicted octanol–water partition coefficient (Wildman–Crippen LogP) is 3.16. The molecule has 0 bridgehead atoms. The molecule has 3 aromatic carbocycles. The van der Waals surface area contributed by atoms with Crippen LogP contribution in [0.15, 0.2) is 72.8 Å². The van der Waals surface area contributed by atoms with Crippen molar-refractivity contribution in [2.24, 2.45) is 0 Å². The highest BCUT2D eigenvalue weighted by atomic mass is 16.5. The fourth-order valence-electron chi connectivity index (χ4n) is 4.06. The second kappa shape index (κ2) is 9.67. The highest BCUT2D eigenvalue weighted by Crippen LogP contribution is 2.21. The molecular formula is C26H30N3O2+. The van der Waals surface area contributed by atoms with Crippen molar-refractivity contribution in [3.63, 3.8) is 0 Å². The number of ether oxygens (including phenoxy) is 1. The number of aryl methyl sites for hydroxylation is 1. The van der Waals surface area contributed by atoms with Crippen LogP contribution in [0.1, 0.15) is 21.5 Å². The van der Waals surface area contributed by atoms with Gasteiger partial charge in [0.2, 0.25) is 0 Å². The van der Waals surface area contributed by atoms with Gasteiger partial charge < -0.3 is 19.9 Å². The lowest BCUT2D eigenvalue weighted by Crippen LogP contribution is -3.13. The number of amides is 1. The van der Waals surface area contributed by atoms with E-state index in [0.29, 0.717) is 5.56 Å². The summed E-state index contributed by atoms with van der Waals surface area (Å²) in [6.45, 7) is 7.38. The summed E-state index contributed by atoms with van der Waals surface area (Å²) in [5, 5.41) is 2.98. The highest BCUT2D eigenvalue weighted by Gasteiger charge is 2.20. The standard InChI is InChI=1S/C26H29N3O2/c1-20-8-9-22(18-25(20)31-2)26(30)27-23-10-12-24(13-11-23)29-16-14-28(15-17-29)19-21-6-4-3-5-7-21/h3-13,18H,14-17,19H2,1-2H3,(H,27,30)/p+1. The molecule has 1 heterocycles. The number of carbonyl (C=O) groups is 1. The Morgan fingerprint density at radius 1 is 1.00 bits per heavy atom. The van der Waals surface area contributed by atoms with E-state index in [1.54, 1.807) is 18.1 Å². The van der Waals surface area contributed by atoms with Gasteiger partial charge in [-0.1, -0.05) is 36.4 Å². The molecule has 31 heavy (non-hydrogen) atoms. The van der Waals surface area contributed by atoms with Crippen LogP contribution in [0.25, 0.3) is 0 Å². The zero-order valence-corrected chi connectivity index (χ0v) is 18.2. The van der Waals surface area contributed by atoms with Crippen LogP contribution in [-0.2, 0) is 6.54 Å². The van der Waals surface area contributed by atoms with Crippen LogP contribution in [0, 0.1) is 6.92 Å². The minimum atomic E-state index is -0.135. The molecule has 1 aliphatic heterocycles. The van der Waals surface area contributed by atoms with Gasteiger partial charge in [0.15, 0.2) is 0 Å². The number of hydrogen-bond donors (Lipinski definition) is 2. The number of quaternary nitrogens is 1. The molecule has 1 saturated heterocycles. The minimum Gasteiger partial charge on any atom is -0.496 e. The lowest BCUT2D eigenvalue weighted by Gasteiger charge is -2.33. The number of nitrogens with one attached hydrogen (secondary N) is 2. The van der Waals surface area contributed by atoms with E-state index in [-0.39, 0.29) is 5.91 Å². The van der Waals surface area contributed by atoms with Gasteiger partial charge in [0.05, 0.1) is 33.3 Å². The molecule has 0 aliphatic carbocycles. The maximum absolute atomic E-state index is 12.6. The van der Waals surface area contributed by atoms with Crippen LogP contribution in [-0.4, -0.2) is 39.2 Å². The number of anilines is 2. The quantitative estimate of drug-likeness (QED) is 0.649. The summed E-state index contributed by atoms with van der Waals surface area (Å²) in [4.78, 5) is 16.6. The van der Waals surface area contributed by atoms with Gasteiger partial charge in [0.25, 0.3) is 5.91 Å². The molecule has 1 aliphatic rings. The first-order valence-corrected chi connectivity index (χ1v) is 10.8. The largest absolute Gasteiger partial charge is 0.496 e. The second-order valence-electron chi connectivity index (χ2n) is 8.08. The molecule has 5 heteroatoms. The first-order valence-electron chi connectivity index (χ1n) is 10.8. The SMILES string of the molecule is COc1cc(C(=O)Nc2ccc(N3CC[NH+](Cc4ccccc4)CC3)cc2)ccc1C. The van der Waals surface area contributed by atoms with Gasteiger partial charge in [-0.3, -0.25) is 4.79 Å². The molecule has 0 aromatic heterocycles. The smallest absolute Gasteiger partial charge is 0.255 e. The Hall–Kier alpha value is -3.31. The minimum absolute atomic E-state index is 0.135. The summed E-state index contributed by atoms with van der Waals surface area (Å²) >= 11 is 0. The van der Waals surface area contributed by atoms with Crippen molar-refractivity contribution in [1.29, 1.82) is 0 Å². The molecule has 1 fully saturated rings. The third-order valence-corrected chi connectivity index (χ3v) is 5.93. The lowest BCUT2D eigenvalue weighted by molar-refractivity contribution is -0.914. The zero-order chi connectivity index (χ0) is 21.6. The number of piperazine rings is 1. The molecule has 1 amide bonds. The third-order valence-electron chi connectivity index (χ3n) is 5.93. The highest BCUT2D eigenvalue weighted by molar-refractivity contribution is 6.04. The number of hydrogen-bond acceptors (Lipinski definition) is 3. The molecule has 0 atom stereocenters. The summed E-state index contributed by atoms with van der Waals surface area (Å²) in [6, 6.07) is 24.3. The Morgan fingerprint density at radius 3 is 2.39 bits per heavy atom. The van der Waals surface area contributed by atoms with Gasteiger partial charge in [-0.15, -0.1) is 0 Å². The van der Waals surface area contributed by atoms with Gasteiger partial charge in [-0.25, -0.2) is 0 Å². The summed E-state index contributed by atoms with van der Waals surface area (Å²) in [6.07, 6.45) is 0. The molecule has 4 rings (SSSR count). The van der Waals surface area contributed by atoms with Gasteiger partial charge >= 0.3 is 0 Å². The van der Waals surface area contributed by atoms with Crippen molar-refractivity contribution in [1.82, 2.24) is 0 Å². The van der Waals surface area contributed by atoms with Crippen LogP contribution in [0.4, 0.5) is 11.4 Å². The zero-order valence-electron chi connectivity index (χ0n) is 18.2. The Labute approximate surface area is 184 Å². The first-order chi connectivity index (χ1) is 15.1. The Morgan fingerprint density at radius 2 is 1.71 bits per heavy atom. The van der Waals surface area contributed by atoms with Gasteiger partial charge in [0.1, 0.15) is 12.3 Å². The molecule has 2 N–H and O–H groups in total. The summed E-state index contributed by atoms with van der Waals surface area (Å²) in [5.74, 6) is 0.584. The molecule has 0 saturated carbocycles. The van der Waals surface area contributed by atoms with E-state index in [0.717, 1.165) is 49.7 Å². The Kier molecular flexibility index (Phi) is 6.53. The van der Waals surface area contributed by atoms with Crippen molar-refractivity contribution in [3.8, 4) is 5.75 Å². The van der Waals surface area contributed by atoms with Crippen molar-refractivity contribution in [2.75, 3.05) is 43.5 Å². The molecule has 5 nitrogen and oxygen atoms in total. The van der Waals surface area contributed by atoms with Crippen LogP contribution < -0.4 is 19.9 Å².